The largest absolute Gasteiger partial charge is 0.480 e. The number of aliphatic carboxylic acids is 1. The number of urea groups is 1. The molecular formula is C13H15Cl2FN2O3. The number of carbonyl (C=O) groups excluding carboxylic acids is 1. The standard InChI is InChI=1S/C13H15Cl2FN2O3/c1-3-6(2)11(12(19)20)18-13(21)17-7-4-8(14)10(16)9(15)5-7/h4-6,11H,3H2,1-2H3,(H,19,20)(H2,17,18,21). The van der Waals surface area contributed by atoms with E-state index >= 15 is 0 Å². The molecule has 0 aliphatic heterocycles. The number of rotatable bonds is 5. The molecule has 0 aromatic heterocycles. The van der Waals surface area contributed by atoms with E-state index < -0.39 is 23.9 Å². The van der Waals surface area contributed by atoms with Gasteiger partial charge in [-0.2, -0.15) is 0 Å². The van der Waals surface area contributed by atoms with Crippen LogP contribution < -0.4 is 10.6 Å². The molecule has 116 valence electrons. The van der Waals surface area contributed by atoms with Crippen molar-refractivity contribution < 1.29 is 19.1 Å². The van der Waals surface area contributed by atoms with E-state index in [-0.39, 0.29) is 21.7 Å². The van der Waals surface area contributed by atoms with Crippen LogP contribution in [0.5, 0.6) is 0 Å². The predicted molar refractivity (Wildman–Crippen MR) is 79.5 cm³/mol. The molecule has 2 amide bonds. The molecule has 8 heteroatoms. The van der Waals surface area contributed by atoms with Gasteiger partial charge in [0.2, 0.25) is 0 Å². The molecule has 1 aromatic rings. The lowest BCUT2D eigenvalue weighted by Crippen LogP contribution is -2.46. The van der Waals surface area contributed by atoms with Crippen LogP contribution in [0.3, 0.4) is 0 Å². The fourth-order valence-corrected chi connectivity index (χ4v) is 2.11. The number of hydrogen-bond donors (Lipinski definition) is 3. The quantitative estimate of drug-likeness (QED) is 0.716. The maximum Gasteiger partial charge on any atom is 0.326 e. The summed E-state index contributed by atoms with van der Waals surface area (Å²) in [6.45, 7) is 3.53. The summed E-state index contributed by atoms with van der Waals surface area (Å²) in [7, 11) is 0. The Hall–Kier alpha value is -1.53. The molecule has 0 radical (unpaired) electrons. The molecule has 3 N–H and O–H groups in total. The summed E-state index contributed by atoms with van der Waals surface area (Å²) < 4.78 is 13.2. The Balaban J connectivity index is 2.79. The van der Waals surface area contributed by atoms with E-state index in [1.807, 2.05) is 6.92 Å². The van der Waals surface area contributed by atoms with E-state index in [1.165, 1.54) is 12.1 Å². The third kappa shape index (κ3) is 4.75. The number of nitrogens with one attached hydrogen (secondary N) is 2. The van der Waals surface area contributed by atoms with E-state index in [9.17, 15) is 14.0 Å². The highest BCUT2D eigenvalue weighted by Crippen LogP contribution is 2.27. The first kappa shape index (κ1) is 17.5. The highest BCUT2D eigenvalue weighted by atomic mass is 35.5. The van der Waals surface area contributed by atoms with Crippen molar-refractivity contribution in [1.29, 1.82) is 0 Å². The molecule has 0 heterocycles. The van der Waals surface area contributed by atoms with E-state index in [0.29, 0.717) is 6.42 Å². The van der Waals surface area contributed by atoms with Gasteiger partial charge in [0.05, 0.1) is 10.0 Å². The lowest BCUT2D eigenvalue weighted by atomic mass is 9.99. The zero-order chi connectivity index (χ0) is 16.2. The van der Waals surface area contributed by atoms with Crippen molar-refractivity contribution in [3.8, 4) is 0 Å². The molecule has 5 nitrogen and oxygen atoms in total. The molecule has 0 saturated heterocycles. The van der Waals surface area contributed by atoms with Gasteiger partial charge in [0, 0.05) is 5.69 Å². The van der Waals surface area contributed by atoms with E-state index in [1.54, 1.807) is 6.92 Å². The van der Waals surface area contributed by atoms with Crippen LogP contribution in [-0.4, -0.2) is 23.1 Å². The number of benzene rings is 1. The van der Waals surface area contributed by atoms with Crippen LogP contribution in [0.1, 0.15) is 20.3 Å². The van der Waals surface area contributed by atoms with Crippen LogP contribution >= 0.6 is 23.2 Å². The third-order valence-electron chi connectivity index (χ3n) is 3.01. The van der Waals surface area contributed by atoms with Crippen molar-refractivity contribution in [2.45, 2.75) is 26.3 Å². The molecule has 1 rings (SSSR count). The van der Waals surface area contributed by atoms with Crippen molar-refractivity contribution in [3.05, 3.63) is 28.0 Å². The molecule has 0 bridgehead atoms. The minimum absolute atomic E-state index is 0.164. The zero-order valence-corrected chi connectivity index (χ0v) is 12.9. The summed E-state index contributed by atoms with van der Waals surface area (Å²) in [4.78, 5) is 22.9. The number of carbonyl (C=O) groups is 2. The van der Waals surface area contributed by atoms with Gasteiger partial charge >= 0.3 is 12.0 Å². The van der Waals surface area contributed by atoms with Crippen molar-refractivity contribution >= 4 is 40.9 Å². The van der Waals surface area contributed by atoms with Gasteiger partial charge in [-0.05, 0) is 18.1 Å². The molecular weight excluding hydrogens is 322 g/mol. The second kappa shape index (κ2) is 7.47. The minimum Gasteiger partial charge on any atom is -0.480 e. The van der Waals surface area contributed by atoms with Crippen molar-refractivity contribution in [2.24, 2.45) is 5.92 Å². The Morgan fingerprint density at radius 1 is 1.33 bits per heavy atom. The minimum atomic E-state index is -1.13. The average Bonchev–Trinajstić information content (AvgIpc) is 2.40. The lowest BCUT2D eigenvalue weighted by molar-refractivity contribution is -0.140. The number of amides is 2. The van der Waals surface area contributed by atoms with Gasteiger partial charge in [-0.25, -0.2) is 14.0 Å². The van der Waals surface area contributed by atoms with Crippen molar-refractivity contribution in [1.82, 2.24) is 5.32 Å². The first-order chi connectivity index (χ1) is 9.76. The summed E-state index contributed by atoms with van der Waals surface area (Å²) in [5.41, 5.74) is 0.164. The molecule has 2 atom stereocenters. The van der Waals surface area contributed by atoms with Crippen molar-refractivity contribution in [3.63, 3.8) is 0 Å². The Morgan fingerprint density at radius 3 is 2.29 bits per heavy atom. The molecule has 0 aliphatic rings. The molecule has 21 heavy (non-hydrogen) atoms. The number of anilines is 1. The normalized spacial score (nSPS) is 13.4. The zero-order valence-electron chi connectivity index (χ0n) is 11.4. The number of carboxylic acids is 1. The predicted octanol–water partition coefficient (Wildman–Crippen LogP) is 3.75. The fourth-order valence-electron chi connectivity index (χ4n) is 1.62. The van der Waals surface area contributed by atoms with Gasteiger partial charge in [-0.1, -0.05) is 43.5 Å². The maximum absolute atomic E-state index is 13.2. The molecule has 0 spiro atoms. The van der Waals surface area contributed by atoms with Gasteiger partial charge in [0.1, 0.15) is 6.04 Å². The van der Waals surface area contributed by atoms with E-state index in [0.717, 1.165) is 0 Å². The summed E-state index contributed by atoms with van der Waals surface area (Å²) >= 11 is 11.2. The Kier molecular flexibility index (Phi) is 6.23. The number of hydrogen-bond acceptors (Lipinski definition) is 2. The highest BCUT2D eigenvalue weighted by molar-refractivity contribution is 6.35. The first-order valence-corrected chi connectivity index (χ1v) is 6.96. The Labute approximate surface area is 131 Å². The van der Waals surface area contributed by atoms with Gasteiger partial charge in [-0.3, -0.25) is 0 Å². The van der Waals surface area contributed by atoms with Crippen LogP contribution in [-0.2, 0) is 4.79 Å². The Bertz CT molecular complexity index is 531. The van der Waals surface area contributed by atoms with Crippen molar-refractivity contribution in [2.75, 3.05) is 5.32 Å². The third-order valence-corrected chi connectivity index (χ3v) is 3.56. The summed E-state index contributed by atoms with van der Waals surface area (Å²) in [6.07, 6.45) is 0.589. The average molecular weight is 337 g/mol. The molecule has 0 fully saturated rings. The topological polar surface area (TPSA) is 78.4 Å². The van der Waals surface area contributed by atoms with E-state index in [4.69, 9.17) is 28.3 Å². The van der Waals surface area contributed by atoms with Crippen LogP contribution in [0.15, 0.2) is 12.1 Å². The fraction of sp³-hybridized carbons (Fsp3) is 0.385. The Morgan fingerprint density at radius 2 is 1.86 bits per heavy atom. The first-order valence-electron chi connectivity index (χ1n) is 6.21. The van der Waals surface area contributed by atoms with E-state index in [2.05, 4.69) is 10.6 Å². The summed E-state index contributed by atoms with van der Waals surface area (Å²) in [5, 5.41) is 13.3. The van der Waals surface area contributed by atoms with Gasteiger partial charge < -0.3 is 15.7 Å². The molecule has 2 unspecified atom stereocenters. The number of carboxylic acid groups (broad SMARTS) is 1. The van der Waals surface area contributed by atoms with Gasteiger partial charge in [-0.15, -0.1) is 0 Å². The van der Waals surface area contributed by atoms with Gasteiger partial charge in [0.25, 0.3) is 0 Å². The van der Waals surface area contributed by atoms with Crippen LogP contribution in [0, 0.1) is 11.7 Å². The highest BCUT2D eigenvalue weighted by Gasteiger charge is 2.25. The van der Waals surface area contributed by atoms with Crippen LogP contribution in [0.2, 0.25) is 10.0 Å². The second-order valence-electron chi connectivity index (χ2n) is 4.55. The van der Waals surface area contributed by atoms with Crippen LogP contribution in [0.4, 0.5) is 14.9 Å². The lowest BCUT2D eigenvalue weighted by Gasteiger charge is -2.20. The summed E-state index contributed by atoms with van der Waals surface area (Å²) in [6, 6.07) is 0.603. The number of halogens is 3. The molecule has 0 saturated carbocycles. The summed E-state index contributed by atoms with van der Waals surface area (Å²) in [5.74, 6) is -2.16. The van der Waals surface area contributed by atoms with Crippen LogP contribution in [0.25, 0.3) is 0 Å². The second-order valence-corrected chi connectivity index (χ2v) is 5.37. The molecule has 0 aliphatic carbocycles. The smallest absolute Gasteiger partial charge is 0.326 e. The SMILES string of the molecule is CCC(C)C(NC(=O)Nc1cc(Cl)c(F)c(Cl)c1)C(=O)O. The molecule has 1 aromatic carbocycles. The maximum atomic E-state index is 13.2. The van der Waals surface area contributed by atoms with Gasteiger partial charge in [0.15, 0.2) is 5.82 Å². The monoisotopic (exact) mass is 336 g/mol.